The Bertz CT molecular complexity index is 1320. The Hall–Kier alpha value is -4.12. The molecule has 37 heavy (non-hydrogen) atoms. The molecule has 192 valence electrons. The Morgan fingerprint density at radius 2 is 1.76 bits per heavy atom. The van der Waals surface area contributed by atoms with E-state index < -0.39 is 35.4 Å². The van der Waals surface area contributed by atoms with Crippen molar-refractivity contribution >= 4 is 35.0 Å². The average Bonchev–Trinajstić information content (AvgIpc) is 3.13. The number of rotatable bonds is 9. The van der Waals surface area contributed by atoms with Crippen LogP contribution in [0.1, 0.15) is 17.5 Å². The lowest BCUT2D eigenvalue weighted by molar-refractivity contribution is -0.131. The van der Waals surface area contributed by atoms with E-state index in [9.17, 15) is 18.4 Å². The first kappa shape index (κ1) is 26.0. The number of hydrogen-bond acceptors (Lipinski definition) is 6. The van der Waals surface area contributed by atoms with Gasteiger partial charge >= 0.3 is 0 Å². The Morgan fingerprint density at radius 1 is 1.08 bits per heavy atom. The molecule has 3 aromatic rings. The lowest BCUT2D eigenvalue weighted by atomic mass is 9.84. The molecule has 2 heterocycles. The molecule has 0 saturated carbocycles. The third kappa shape index (κ3) is 5.36. The van der Waals surface area contributed by atoms with E-state index in [1.165, 1.54) is 37.6 Å². The highest BCUT2D eigenvalue weighted by atomic mass is 32.1. The number of aromatic nitrogens is 1. The summed E-state index contributed by atoms with van der Waals surface area (Å²) in [6, 6.07) is 13.8. The maximum Gasteiger partial charge on any atom is 0.257 e. The first-order chi connectivity index (χ1) is 17.8. The number of ether oxygens (including phenoxy) is 2. The van der Waals surface area contributed by atoms with Crippen molar-refractivity contribution in [1.29, 1.82) is 0 Å². The summed E-state index contributed by atoms with van der Waals surface area (Å²) in [5.74, 6) is -1.96. The number of pyridine rings is 1. The van der Waals surface area contributed by atoms with E-state index in [4.69, 9.17) is 21.7 Å². The second kappa shape index (κ2) is 10.9. The van der Waals surface area contributed by atoms with E-state index in [1.807, 2.05) is 24.3 Å². The number of carbonyl (C=O) groups excluding carboxylic acids is 2. The van der Waals surface area contributed by atoms with Gasteiger partial charge in [0.15, 0.2) is 22.3 Å². The second-order valence-corrected chi connectivity index (χ2v) is 8.69. The van der Waals surface area contributed by atoms with Crippen LogP contribution in [0.4, 0.5) is 14.6 Å². The molecule has 0 radical (unpaired) electrons. The zero-order chi connectivity index (χ0) is 26.6. The van der Waals surface area contributed by atoms with Crippen LogP contribution in [0.2, 0.25) is 0 Å². The molecule has 8 nitrogen and oxygen atoms in total. The lowest BCUT2D eigenvalue weighted by Gasteiger charge is -2.36. The number of nitrogens with one attached hydrogen (secondary N) is 2. The summed E-state index contributed by atoms with van der Waals surface area (Å²) in [6.07, 6.45) is 1.31. The standard InChI is InChI=1S/C26H24F2N4O4S/c1-35-19-9-3-16(4-10-19)11-12-32-25(37)31-24(34)26(32,17-5-7-18(27)8-6-17)14-22(33)30-23-21(28)13-20(36-2)15-29-23/h3-10,13,15H,11-12,14H2,1-2H3,(H,29,30,33)(H,31,34,37). The van der Waals surface area contributed by atoms with Crippen molar-refractivity contribution in [2.24, 2.45) is 0 Å². The Kier molecular flexibility index (Phi) is 7.63. The van der Waals surface area contributed by atoms with E-state index >= 15 is 0 Å². The van der Waals surface area contributed by atoms with Crippen LogP contribution in [0.25, 0.3) is 0 Å². The minimum Gasteiger partial charge on any atom is -0.497 e. The van der Waals surface area contributed by atoms with Crippen LogP contribution in [0.5, 0.6) is 11.5 Å². The van der Waals surface area contributed by atoms with E-state index in [1.54, 1.807) is 12.0 Å². The van der Waals surface area contributed by atoms with E-state index in [2.05, 4.69) is 15.6 Å². The molecule has 1 aromatic heterocycles. The average molecular weight is 527 g/mol. The summed E-state index contributed by atoms with van der Waals surface area (Å²) >= 11 is 5.46. The van der Waals surface area contributed by atoms with Gasteiger partial charge in [0.2, 0.25) is 5.91 Å². The van der Waals surface area contributed by atoms with Crippen molar-refractivity contribution in [3.63, 3.8) is 0 Å². The van der Waals surface area contributed by atoms with Gasteiger partial charge in [-0.2, -0.15) is 0 Å². The fraction of sp³-hybridized carbons (Fsp3) is 0.231. The molecule has 2 amide bonds. The summed E-state index contributed by atoms with van der Waals surface area (Å²) < 4.78 is 38.3. The maximum atomic E-state index is 14.4. The Morgan fingerprint density at radius 3 is 2.38 bits per heavy atom. The normalized spacial score (nSPS) is 16.9. The van der Waals surface area contributed by atoms with Gasteiger partial charge in [-0.15, -0.1) is 0 Å². The molecule has 2 N–H and O–H groups in total. The zero-order valence-corrected chi connectivity index (χ0v) is 20.9. The van der Waals surface area contributed by atoms with Crippen molar-refractivity contribution in [2.75, 3.05) is 26.1 Å². The van der Waals surface area contributed by atoms with Crippen molar-refractivity contribution in [2.45, 2.75) is 18.4 Å². The largest absolute Gasteiger partial charge is 0.497 e. The summed E-state index contributed by atoms with van der Waals surface area (Å²) in [6.45, 7) is 0.268. The first-order valence-electron chi connectivity index (χ1n) is 11.3. The van der Waals surface area contributed by atoms with Crippen LogP contribution in [0.3, 0.4) is 0 Å². The molecule has 1 saturated heterocycles. The molecule has 0 bridgehead atoms. The molecular weight excluding hydrogens is 502 g/mol. The van der Waals surface area contributed by atoms with Crippen LogP contribution in [0, 0.1) is 11.6 Å². The van der Waals surface area contributed by atoms with E-state index in [-0.39, 0.29) is 23.2 Å². The number of halogens is 2. The van der Waals surface area contributed by atoms with Crippen LogP contribution in [-0.4, -0.2) is 47.6 Å². The predicted molar refractivity (Wildman–Crippen MR) is 136 cm³/mol. The van der Waals surface area contributed by atoms with Gasteiger partial charge in [-0.05, 0) is 54.0 Å². The number of hydrogen-bond donors (Lipinski definition) is 2. The molecule has 1 unspecified atom stereocenters. The number of carbonyl (C=O) groups is 2. The van der Waals surface area contributed by atoms with Gasteiger partial charge in [-0.25, -0.2) is 13.8 Å². The quantitative estimate of drug-likeness (QED) is 0.412. The number of benzene rings is 2. The monoisotopic (exact) mass is 526 g/mol. The third-order valence-corrected chi connectivity index (χ3v) is 6.46. The van der Waals surface area contributed by atoms with Crippen LogP contribution in [0.15, 0.2) is 60.8 Å². The minimum absolute atomic E-state index is 0.129. The highest BCUT2D eigenvalue weighted by Crippen LogP contribution is 2.37. The molecule has 11 heteroatoms. The highest BCUT2D eigenvalue weighted by Gasteiger charge is 2.53. The summed E-state index contributed by atoms with van der Waals surface area (Å²) in [7, 11) is 2.94. The number of anilines is 1. The van der Waals surface area contributed by atoms with Crippen molar-refractivity contribution in [3.8, 4) is 11.5 Å². The van der Waals surface area contributed by atoms with Crippen LogP contribution < -0.4 is 20.1 Å². The Balaban J connectivity index is 1.65. The topological polar surface area (TPSA) is 92.8 Å². The SMILES string of the molecule is COc1ccc(CCN2C(=S)NC(=O)C2(CC(=O)Nc2ncc(OC)cc2F)c2ccc(F)cc2)cc1. The van der Waals surface area contributed by atoms with Gasteiger partial charge in [0, 0.05) is 12.6 Å². The fourth-order valence-electron chi connectivity index (χ4n) is 4.21. The highest BCUT2D eigenvalue weighted by molar-refractivity contribution is 7.80. The summed E-state index contributed by atoms with van der Waals surface area (Å²) in [5.41, 5.74) is -0.284. The molecular formula is C26H24F2N4O4S. The Labute approximate surface area is 217 Å². The molecule has 1 fully saturated rings. The van der Waals surface area contributed by atoms with Crippen molar-refractivity contribution in [3.05, 3.63) is 83.6 Å². The van der Waals surface area contributed by atoms with E-state index in [0.29, 0.717) is 17.7 Å². The van der Waals surface area contributed by atoms with Crippen LogP contribution >= 0.6 is 12.2 Å². The molecule has 1 aliphatic heterocycles. The second-order valence-electron chi connectivity index (χ2n) is 8.31. The molecule has 0 spiro atoms. The van der Waals surface area contributed by atoms with Gasteiger partial charge in [0.05, 0.1) is 26.8 Å². The zero-order valence-electron chi connectivity index (χ0n) is 20.1. The number of methoxy groups -OCH3 is 2. The summed E-state index contributed by atoms with van der Waals surface area (Å²) in [4.78, 5) is 32.1. The predicted octanol–water partition coefficient (Wildman–Crippen LogP) is 3.56. The van der Waals surface area contributed by atoms with Gasteiger partial charge < -0.3 is 25.0 Å². The van der Waals surface area contributed by atoms with Gasteiger partial charge in [-0.3, -0.25) is 9.59 Å². The van der Waals surface area contributed by atoms with Crippen molar-refractivity contribution < 1.29 is 27.8 Å². The molecule has 4 rings (SSSR count). The lowest BCUT2D eigenvalue weighted by Crippen LogP contribution is -2.50. The molecule has 1 atom stereocenters. The number of thiocarbonyl (C=S) groups is 1. The maximum absolute atomic E-state index is 14.4. The van der Waals surface area contributed by atoms with Gasteiger partial charge in [-0.1, -0.05) is 24.3 Å². The van der Waals surface area contributed by atoms with Crippen molar-refractivity contribution in [1.82, 2.24) is 15.2 Å². The van der Waals surface area contributed by atoms with Crippen LogP contribution in [-0.2, 0) is 21.5 Å². The summed E-state index contributed by atoms with van der Waals surface area (Å²) in [5, 5.41) is 5.19. The molecule has 0 aliphatic carbocycles. The molecule has 2 aromatic carbocycles. The number of amides is 2. The fourth-order valence-corrected chi connectivity index (χ4v) is 4.55. The van der Waals surface area contributed by atoms with Gasteiger partial charge in [0.1, 0.15) is 17.3 Å². The smallest absolute Gasteiger partial charge is 0.257 e. The third-order valence-electron chi connectivity index (χ3n) is 6.13. The molecule has 1 aliphatic rings. The minimum atomic E-state index is -1.59. The van der Waals surface area contributed by atoms with Gasteiger partial charge in [0.25, 0.3) is 5.91 Å². The first-order valence-corrected chi connectivity index (χ1v) is 11.7. The number of nitrogens with zero attached hydrogens (tertiary/aromatic N) is 2. The van der Waals surface area contributed by atoms with E-state index in [0.717, 1.165) is 11.6 Å².